The number of rotatable bonds is 2. The topological polar surface area (TPSA) is 52.0 Å². The SMILES string of the molecule is CC1=NN(c2ccccc2)C(=O)[C@]12Cc1cc(Br)ccc1N1CCN(c3ccccn3)C[C@@H]12. The number of anilines is 3. The summed E-state index contributed by atoms with van der Waals surface area (Å²) in [5, 5.41) is 6.44. The maximum atomic E-state index is 14.2. The lowest BCUT2D eigenvalue weighted by Crippen LogP contribution is -2.67. The van der Waals surface area contributed by atoms with E-state index in [4.69, 9.17) is 5.10 Å². The molecule has 3 aromatic rings. The minimum absolute atomic E-state index is 0.0353. The Kier molecular flexibility index (Phi) is 4.76. The van der Waals surface area contributed by atoms with Gasteiger partial charge in [0.1, 0.15) is 11.2 Å². The van der Waals surface area contributed by atoms with E-state index in [1.807, 2.05) is 61.7 Å². The summed E-state index contributed by atoms with van der Waals surface area (Å²) in [6.07, 6.45) is 2.46. The minimum atomic E-state index is -0.725. The number of carbonyl (C=O) groups excluding carboxylic acids is 1. The van der Waals surface area contributed by atoms with Crippen molar-refractivity contribution >= 4 is 44.7 Å². The second kappa shape index (κ2) is 7.70. The summed E-state index contributed by atoms with van der Waals surface area (Å²) in [6.45, 7) is 4.41. The van der Waals surface area contributed by atoms with Gasteiger partial charge in [0.2, 0.25) is 0 Å². The van der Waals surface area contributed by atoms with Gasteiger partial charge in [-0.1, -0.05) is 40.2 Å². The molecule has 33 heavy (non-hydrogen) atoms. The van der Waals surface area contributed by atoms with Crippen molar-refractivity contribution in [3.63, 3.8) is 0 Å². The predicted octanol–water partition coefficient (Wildman–Crippen LogP) is 4.50. The summed E-state index contributed by atoms with van der Waals surface area (Å²) in [5.74, 6) is 1.00. The second-order valence-electron chi connectivity index (χ2n) is 8.90. The van der Waals surface area contributed by atoms with Crippen molar-refractivity contribution in [3.05, 3.63) is 83.0 Å². The Morgan fingerprint density at radius 2 is 1.85 bits per heavy atom. The highest BCUT2D eigenvalue weighted by atomic mass is 79.9. The Bertz CT molecular complexity index is 1250. The van der Waals surface area contributed by atoms with E-state index in [-0.39, 0.29) is 11.9 Å². The number of nitrogens with zero attached hydrogens (tertiary/aromatic N) is 5. The fourth-order valence-electron chi connectivity index (χ4n) is 5.60. The Labute approximate surface area is 201 Å². The Balaban J connectivity index is 1.47. The molecule has 3 aliphatic heterocycles. The fraction of sp³-hybridized carbons (Fsp3) is 0.269. The van der Waals surface area contributed by atoms with Crippen molar-refractivity contribution in [1.29, 1.82) is 0 Å². The summed E-state index contributed by atoms with van der Waals surface area (Å²) in [7, 11) is 0. The number of piperazine rings is 1. The second-order valence-corrected chi connectivity index (χ2v) is 9.82. The van der Waals surface area contributed by atoms with Gasteiger partial charge in [-0.2, -0.15) is 10.1 Å². The van der Waals surface area contributed by atoms with Crippen molar-refractivity contribution < 1.29 is 4.79 Å². The van der Waals surface area contributed by atoms with E-state index in [0.717, 1.165) is 34.8 Å². The van der Waals surface area contributed by atoms with Gasteiger partial charge < -0.3 is 9.80 Å². The van der Waals surface area contributed by atoms with Gasteiger partial charge in [-0.3, -0.25) is 4.79 Å². The largest absolute Gasteiger partial charge is 0.363 e. The summed E-state index contributed by atoms with van der Waals surface area (Å²) in [5.41, 5.74) is 3.36. The van der Waals surface area contributed by atoms with E-state index in [9.17, 15) is 4.79 Å². The zero-order valence-corrected chi connectivity index (χ0v) is 19.9. The first-order valence-electron chi connectivity index (χ1n) is 11.2. The number of halogens is 1. The number of benzene rings is 2. The third-order valence-electron chi connectivity index (χ3n) is 7.21. The molecule has 0 bridgehead atoms. The van der Waals surface area contributed by atoms with Gasteiger partial charge >= 0.3 is 0 Å². The van der Waals surface area contributed by atoms with E-state index >= 15 is 0 Å². The van der Waals surface area contributed by atoms with E-state index in [0.29, 0.717) is 13.0 Å². The molecular formula is C26H24BrN5O. The predicted molar refractivity (Wildman–Crippen MR) is 135 cm³/mol. The molecule has 1 fully saturated rings. The number of fused-ring (bicyclic) bond motifs is 4. The van der Waals surface area contributed by atoms with Gasteiger partial charge in [0.25, 0.3) is 5.91 Å². The van der Waals surface area contributed by atoms with Crippen LogP contribution in [0.1, 0.15) is 12.5 Å². The molecule has 1 amide bonds. The lowest BCUT2D eigenvalue weighted by atomic mass is 9.67. The van der Waals surface area contributed by atoms with Gasteiger partial charge in [0, 0.05) is 36.0 Å². The van der Waals surface area contributed by atoms with Crippen molar-refractivity contribution in [2.75, 3.05) is 34.4 Å². The number of hydrazone groups is 1. The Morgan fingerprint density at radius 1 is 1.03 bits per heavy atom. The number of hydrogen-bond acceptors (Lipinski definition) is 5. The molecule has 6 rings (SSSR count). The maximum absolute atomic E-state index is 14.2. The molecule has 7 heteroatoms. The third kappa shape index (κ3) is 3.09. The fourth-order valence-corrected chi connectivity index (χ4v) is 6.00. The molecule has 0 aliphatic carbocycles. The summed E-state index contributed by atoms with van der Waals surface area (Å²) < 4.78 is 1.03. The smallest absolute Gasteiger partial charge is 0.261 e. The summed E-state index contributed by atoms with van der Waals surface area (Å²) >= 11 is 3.63. The van der Waals surface area contributed by atoms with E-state index < -0.39 is 5.41 Å². The summed E-state index contributed by atoms with van der Waals surface area (Å²) in [6, 6.07) is 22.1. The lowest BCUT2D eigenvalue weighted by Gasteiger charge is -2.53. The molecule has 6 nitrogen and oxygen atoms in total. The normalized spacial score (nSPS) is 24.1. The first kappa shape index (κ1) is 20.4. The van der Waals surface area contributed by atoms with Crippen molar-refractivity contribution in [1.82, 2.24) is 4.98 Å². The van der Waals surface area contributed by atoms with Crippen LogP contribution in [-0.4, -0.2) is 42.3 Å². The van der Waals surface area contributed by atoms with E-state index in [1.54, 1.807) is 5.01 Å². The monoisotopic (exact) mass is 501 g/mol. The highest BCUT2D eigenvalue weighted by Crippen LogP contribution is 2.48. The first-order valence-corrected chi connectivity index (χ1v) is 12.0. The third-order valence-corrected chi connectivity index (χ3v) is 7.71. The molecule has 2 atom stereocenters. The van der Waals surface area contributed by atoms with Crippen LogP contribution in [-0.2, 0) is 11.2 Å². The molecular weight excluding hydrogens is 478 g/mol. The van der Waals surface area contributed by atoms with Crippen molar-refractivity contribution in [2.24, 2.45) is 10.5 Å². The van der Waals surface area contributed by atoms with Crippen LogP contribution in [0.2, 0.25) is 0 Å². The molecule has 166 valence electrons. The number of aromatic nitrogens is 1. The molecule has 1 spiro atoms. The molecule has 0 saturated carbocycles. The van der Waals surface area contributed by atoms with Crippen molar-refractivity contribution in [2.45, 2.75) is 19.4 Å². The Hall–Kier alpha value is -3.19. The van der Waals surface area contributed by atoms with Crippen LogP contribution in [0.3, 0.4) is 0 Å². The van der Waals surface area contributed by atoms with Crippen LogP contribution in [0.5, 0.6) is 0 Å². The van der Waals surface area contributed by atoms with Crippen LogP contribution in [0.4, 0.5) is 17.2 Å². The van der Waals surface area contributed by atoms with Gasteiger partial charge in [-0.05, 0) is 61.4 Å². The van der Waals surface area contributed by atoms with E-state index in [2.05, 4.69) is 48.9 Å². The molecule has 1 aromatic heterocycles. The molecule has 4 heterocycles. The number of para-hydroxylation sites is 1. The number of amides is 1. The molecule has 0 unspecified atom stereocenters. The standard InChI is InChI=1S/C26H24BrN5O/c1-18-26(25(33)32(29-18)21-7-3-2-4-8-21)16-19-15-20(27)10-11-22(19)31-14-13-30(17-23(26)31)24-9-5-6-12-28-24/h2-12,15,23H,13-14,16-17H2,1H3/t23-,26-/m1/s1. The van der Waals surface area contributed by atoms with Crippen LogP contribution < -0.4 is 14.8 Å². The molecule has 3 aliphatic rings. The van der Waals surface area contributed by atoms with Gasteiger partial charge in [0.15, 0.2) is 0 Å². The molecule has 0 N–H and O–H groups in total. The highest BCUT2D eigenvalue weighted by molar-refractivity contribution is 9.10. The van der Waals surface area contributed by atoms with Gasteiger partial charge in [-0.25, -0.2) is 4.98 Å². The summed E-state index contributed by atoms with van der Waals surface area (Å²) in [4.78, 5) is 23.5. The van der Waals surface area contributed by atoms with Gasteiger partial charge in [-0.15, -0.1) is 0 Å². The van der Waals surface area contributed by atoms with E-state index in [1.165, 1.54) is 11.3 Å². The van der Waals surface area contributed by atoms with Gasteiger partial charge in [0.05, 0.1) is 17.4 Å². The maximum Gasteiger partial charge on any atom is 0.261 e. The lowest BCUT2D eigenvalue weighted by molar-refractivity contribution is -0.125. The molecule has 1 saturated heterocycles. The quantitative estimate of drug-likeness (QED) is 0.518. The zero-order valence-electron chi connectivity index (χ0n) is 18.4. The molecule has 0 radical (unpaired) electrons. The first-order chi connectivity index (χ1) is 16.1. The number of carbonyl (C=O) groups is 1. The Morgan fingerprint density at radius 3 is 2.64 bits per heavy atom. The average Bonchev–Trinajstić information content (AvgIpc) is 3.10. The number of hydrogen-bond donors (Lipinski definition) is 0. The van der Waals surface area contributed by atoms with Crippen LogP contribution in [0.15, 0.2) is 82.5 Å². The minimum Gasteiger partial charge on any atom is -0.363 e. The number of pyridine rings is 1. The van der Waals surface area contributed by atoms with Crippen LogP contribution in [0, 0.1) is 5.41 Å². The van der Waals surface area contributed by atoms with Crippen LogP contribution >= 0.6 is 15.9 Å². The van der Waals surface area contributed by atoms with Crippen molar-refractivity contribution in [3.8, 4) is 0 Å². The molecule has 2 aromatic carbocycles. The van der Waals surface area contributed by atoms with Crippen LogP contribution in [0.25, 0.3) is 0 Å². The average molecular weight is 502 g/mol. The zero-order chi connectivity index (χ0) is 22.6. The highest BCUT2D eigenvalue weighted by Gasteiger charge is 2.60.